The molecule has 0 spiro atoms. The van der Waals surface area contributed by atoms with E-state index in [9.17, 15) is 0 Å². The number of nitrogens with zero attached hydrogens (tertiary/aromatic N) is 2. The third kappa shape index (κ3) is 4.44. The van der Waals surface area contributed by atoms with Crippen LogP contribution in [0.3, 0.4) is 0 Å². The summed E-state index contributed by atoms with van der Waals surface area (Å²) in [5, 5.41) is 7.32. The Bertz CT molecular complexity index is 520. The van der Waals surface area contributed by atoms with Gasteiger partial charge in [0.05, 0.1) is 6.07 Å². The predicted molar refractivity (Wildman–Crippen MR) is 86.7 cm³/mol. The van der Waals surface area contributed by atoms with E-state index in [-0.39, 0.29) is 0 Å². The average Bonchev–Trinajstić information content (AvgIpc) is 2.48. The van der Waals surface area contributed by atoms with Crippen molar-refractivity contribution in [3.05, 3.63) is 66.8 Å². The van der Waals surface area contributed by atoms with Gasteiger partial charge in [-0.15, -0.1) is 0 Å². The van der Waals surface area contributed by atoms with Crippen molar-refractivity contribution in [3.63, 3.8) is 0 Å². The monoisotopic (exact) mass is 266 g/mol. The fraction of sp³-hybridized carbons (Fsp3) is 0.278. The van der Waals surface area contributed by atoms with Crippen LogP contribution in [0.5, 0.6) is 0 Å². The Balaban J connectivity index is 0.000000612. The highest BCUT2D eigenvalue weighted by Gasteiger charge is 2.15. The molecule has 0 aliphatic carbocycles. The van der Waals surface area contributed by atoms with Crippen LogP contribution in [-0.2, 0) is 6.42 Å². The van der Waals surface area contributed by atoms with Crippen LogP contribution in [0.1, 0.15) is 18.9 Å². The average molecular weight is 266 g/mol. The molecule has 1 heterocycles. The number of benzene rings is 1. The summed E-state index contributed by atoms with van der Waals surface area (Å²) in [4.78, 5) is 2.43. The van der Waals surface area contributed by atoms with Crippen LogP contribution in [0.4, 0.5) is 5.69 Å². The smallest absolute Gasteiger partial charge is 0.0587 e. The second-order valence-corrected chi connectivity index (χ2v) is 4.56. The van der Waals surface area contributed by atoms with Gasteiger partial charge in [-0.05, 0) is 30.0 Å². The van der Waals surface area contributed by atoms with Gasteiger partial charge >= 0.3 is 0 Å². The van der Waals surface area contributed by atoms with Gasteiger partial charge in [0.15, 0.2) is 0 Å². The number of hydrogen-bond acceptors (Lipinski definition) is 2. The molecule has 1 aromatic carbocycles. The Hall–Kier alpha value is -2.27. The van der Waals surface area contributed by atoms with Crippen LogP contribution >= 0.6 is 0 Å². The molecule has 0 fully saturated rings. The van der Waals surface area contributed by atoms with E-state index in [4.69, 9.17) is 5.26 Å². The standard InChI is InChI=1S/C16H19N.C2H3N/c1-3-8-14(4-2)13-17-12-7-10-15-9-5-6-11-16(15)17;1-2-3/h3-6,8-9,11H,1-2,7,10,12-13H2;1H3/b14-8+;. The molecule has 2 heteroatoms. The van der Waals surface area contributed by atoms with Crippen molar-refractivity contribution in [1.82, 2.24) is 0 Å². The summed E-state index contributed by atoms with van der Waals surface area (Å²) in [7, 11) is 0. The minimum absolute atomic E-state index is 0.923. The molecule has 1 aromatic rings. The summed E-state index contributed by atoms with van der Waals surface area (Å²) in [6.07, 6.45) is 8.20. The minimum Gasteiger partial charge on any atom is -0.367 e. The van der Waals surface area contributed by atoms with Gasteiger partial charge in [-0.1, -0.05) is 49.6 Å². The molecule has 104 valence electrons. The van der Waals surface area contributed by atoms with Crippen LogP contribution in [0.15, 0.2) is 61.2 Å². The van der Waals surface area contributed by atoms with E-state index in [1.54, 1.807) is 6.07 Å². The van der Waals surface area contributed by atoms with Gasteiger partial charge in [0, 0.05) is 25.7 Å². The van der Waals surface area contributed by atoms with Crippen molar-refractivity contribution in [3.8, 4) is 6.07 Å². The third-order valence-electron chi connectivity index (χ3n) is 3.17. The van der Waals surface area contributed by atoms with Crippen molar-refractivity contribution in [2.45, 2.75) is 19.8 Å². The first kappa shape index (κ1) is 15.8. The molecule has 0 radical (unpaired) electrons. The lowest BCUT2D eigenvalue weighted by molar-refractivity contribution is 0.717. The molecule has 0 bridgehead atoms. The number of aryl methyl sites for hydroxylation is 1. The summed E-state index contributed by atoms with van der Waals surface area (Å²) in [5.41, 5.74) is 4.05. The van der Waals surface area contributed by atoms with Crippen molar-refractivity contribution in [2.24, 2.45) is 0 Å². The number of para-hydroxylation sites is 1. The summed E-state index contributed by atoms with van der Waals surface area (Å²) >= 11 is 0. The fourth-order valence-corrected chi connectivity index (χ4v) is 2.33. The second kappa shape index (κ2) is 8.77. The Morgan fingerprint density at radius 1 is 1.40 bits per heavy atom. The Morgan fingerprint density at radius 2 is 2.10 bits per heavy atom. The molecule has 0 aromatic heterocycles. The number of fused-ring (bicyclic) bond motifs is 1. The SMILES string of the molecule is C=C/C=C(\C=C)CN1CCCc2ccccc21.CC#N. The van der Waals surface area contributed by atoms with Crippen LogP contribution in [-0.4, -0.2) is 13.1 Å². The quantitative estimate of drug-likeness (QED) is 0.761. The second-order valence-electron chi connectivity index (χ2n) is 4.56. The zero-order chi connectivity index (χ0) is 14.8. The summed E-state index contributed by atoms with van der Waals surface area (Å²) in [6, 6.07) is 10.4. The molecular formula is C18H22N2. The maximum absolute atomic E-state index is 7.32. The highest BCUT2D eigenvalue weighted by molar-refractivity contribution is 5.56. The first-order chi connectivity index (χ1) is 9.76. The van der Waals surface area contributed by atoms with E-state index in [0.29, 0.717) is 0 Å². The number of anilines is 1. The topological polar surface area (TPSA) is 27.0 Å². The van der Waals surface area contributed by atoms with E-state index in [2.05, 4.69) is 42.3 Å². The van der Waals surface area contributed by atoms with Gasteiger partial charge in [-0.25, -0.2) is 0 Å². The molecule has 1 aliphatic rings. The molecule has 0 amide bonds. The Morgan fingerprint density at radius 3 is 2.75 bits per heavy atom. The van der Waals surface area contributed by atoms with Crippen LogP contribution < -0.4 is 4.90 Å². The normalized spacial score (nSPS) is 13.4. The maximum Gasteiger partial charge on any atom is 0.0587 e. The first-order valence-corrected chi connectivity index (χ1v) is 6.84. The lowest BCUT2D eigenvalue weighted by Crippen LogP contribution is -2.30. The van der Waals surface area contributed by atoms with E-state index in [1.807, 2.05) is 18.2 Å². The molecule has 2 nitrogen and oxygen atoms in total. The molecule has 2 rings (SSSR count). The van der Waals surface area contributed by atoms with Gasteiger partial charge in [0.25, 0.3) is 0 Å². The number of allylic oxidation sites excluding steroid dienone is 2. The summed E-state index contributed by atoms with van der Waals surface area (Å²) in [5.74, 6) is 0. The lowest BCUT2D eigenvalue weighted by Gasteiger charge is -2.31. The summed E-state index contributed by atoms with van der Waals surface area (Å²) in [6.45, 7) is 11.1. The van der Waals surface area contributed by atoms with Gasteiger partial charge in [-0.3, -0.25) is 0 Å². The van der Waals surface area contributed by atoms with Crippen molar-refractivity contribution < 1.29 is 0 Å². The van der Waals surface area contributed by atoms with E-state index in [0.717, 1.165) is 13.1 Å². The molecule has 0 N–H and O–H groups in total. The van der Waals surface area contributed by atoms with E-state index >= 15 is 0 Å². The first-order valence-electron chi connectivity index (χ1n) is 6.84. The van der Waals surface area contributed by atoms with Crippen LogP contribution in [0.2, 0.25) is 0 Å². The molecule has 0 atom stereocenters. The largest absolute Gasteiger partial charge is 0.367 e. The Labute approximate surface area is 122 Å². The number of hydrogen-bond donors (Lipinski definition) is 0. The van der Waals surface area contributed by atoms with Crippen molar-refractivity contribution in [2.75, 3.05) is 18.0 Å². The zero-order valence-electron chi connectivity index (χ0n) is 12.2. The van der Waals surface area contributed by atoms with E-state index in [1.165, 1.54) is 36.6 Å². The van der Waals surface area contributed by atoms with Crippen molar-refractivity contribution >= 4 is 5.69 Å². The van der Waals surface area contributed by atoms with Gasteiger partial charge in [-0.2, -0.15) is 5.26 Å². The highest BCUT2D eigenvalue weighted by atomic mass is 15.1. The number of rotatable bonds is 4. The molecule has 20 heavy (non-hydrogen) atoms. The van der Waals surface area contributed by atoms with Crippen LogP contribution in [0, 0.1) is 11.3 Å². The fourth-order valence-electron chi connectivity index (χ4n) is 2.33. The number of nitriles is 1. The molecule has 0 unspecified atom stereocenters. The molecule has 0 saturated heterocycles. The lowest BCUT2D eigenvalue weighted by atomic mass is 10.0. The van der Waals surface area contributed by atoms with Gasteiger partial charge in [0.1, 0.15) is 0 Å². The van der Waals surface area contributed by atoms with Crippen LogP contribution in [0.25, 0.3) is 0 Å². The minimum atomic E-state index is 0.923. The molecular weight excluding hydrogens is 244 g/mol. The summed E-state index contributed by atoms with van der Waals surface area (Å²) < 4.78 is 0. The van der Waals surface area contributed by atoms with Gasteiger partial charge in [0.2, 0.25) is 0 Å². The van der Waals surface area contributed by atoms with E-state index < -0.39 is 0 Å². The third-order valence-corrected chi connectivity index (χ3v) is 3.17. The maximum atomic E-state index is 7.32. The molecule has 0 saturated carbocycles. The van der Waals surface area contributed by atoms with Crippen molar-refractivity contribution in [1.29, 1.82) is 5.26 Å². The zero-order valence-corrected chi connectivity index (χ0v) is 12.2. The predicted octanol–water partition coefficient (Wildman–Crippen LogP) is 4.27. The molecule has 1 aliphatic heterocycles. The Kier molecular flexibility index (Phi) is 6.92. The highest BCUT2D eigenvalue weighted by Crippen LogP contribution is 2.27. The van der Waals surface area contributed by atoms with Gasteiger partial charge < -0.3 is 4.90 Å².